The van der Waals surface area contributed by atoms with E-state index in [-0.39, 0.29) is 28.3 Å². The summed E-state index contributed by atoms with van der Waals surface area (Å²) in [6.45, 7) is 32.0. The van der Waals surface area contributed by atoms with Crippen LogP contribution in [0.4, 0.5) is 0 Å². The Hall–Kier alpha value is -0.779. The Kier molecular flexibility index (Phi) is 15.7. The number of methoxy groups -OCH3 is 1. The van der Waals surface area contributed by atoms with Gasteiger partial charge < -0.3 is 18.0 Å². The minimum atomic E-state index is -2.09. The quantitative estimate of drug-likeness (QED) is 0.0766. The summed E-state index contributed by atoms with van der Waals surface area (Å²) in [5.41, 5.74) is 1.16. The first-order valence-electron chi connectivity index (χ1n) is 14.8. The summed E-state index contributed by atoms with van der Waals surface area (Å²) >= 11 is 0. The van der Waals surface area contributed by atoms with E-state index in [1.165, 1.54) is 13.2 Å². The van der Waals surface area contributed by atoms with E-state index in [0.29, 0.717) is 13.0 Å². The topological polar surface area (TPSA) is 54.0 Å². The summed E-state index contributed by atoms with van der Waals surface area (Å²) in [6.07, 6.45) is 10.2. The Morgan fingerprint density at radius 2 is 1.23 bits per heavy atom. The van der Waals surface area contributed by atoms with Crippen LogP contribution in [0.15, 0.2) is 36.0 Å². The van der Waals surface area contributed by atoms with E-state index in [2.05, 4.69) is 114 Å². The molecule has 0 aliphatic heterocycles. The number of hydrogen-bond donors (Lipinski definition) is 0. The number of ether oxygens (including phenoxy) is 1. The first-order chi connectivity index (χ1) is 17.7. The predicted octanol–water partition coefficient (Wildman–Crippen LogP) is 9.41. The average Bonchev–Trinajstić information content (AvgIpc) is 2.82. The lowest BCUT2D eigenvalue weighted by molar-refractivity contribution is -0.134. The maximum atomic E-state index is 12.0. The van der Waals surface area contributed by atoms with Crippen LogP contribution < -0.4 is 0 Å². The van der Waals surface area contributed by atoms with Crippen LogP contribution in [0.1, 0.15) is 75.7 Å². The molecule has 39 heavy (non-hydrogen) atoms. The van der Waals surface area contributed by atoms with Gasteiger partial charge in [-0.3, -0.25) is 0 Å². The van der Waals surface area contributed by atoms with E-state index in [1.54, 1.807) is 0 Å². The molecule has 228 valence electrons. The Morgan fingerprint density at radius 1 is 0.769 bits per heavy atom. The second-order valence-corrected chi connectivity index (χ2v) is 28.1. The third kappa shape index (κ3) is 13.2. The van der Waals surface area contributed by atoms with Gasteiger partial charge >= 0.3 is 5.97 Å². The molecule has 0 saturated heterocycles. The molecule has 8 heteroatoms. The first kappa shape index (κ1) is 38.2. The van der Waals surface area contributed by atoms with E-state index < -0.39 is 25.0 Å². The zero-order chi connectivity index (χ0) is 30.7. The summed E-state index contributed by atoms with van der Waals surface area (Å²) in [5.74, 6) is -0.369. The van der Waals surface area contributed by atoms with Gasteiger partial charge in [0.05, 0.1) is 25.9 Å². The van der Waals surface area contributed by atoms with Crippen LogP contribution in [-0.2, 0) is 22.8 Å². The summed E-state index contributed by atoms with van der Waals surface area (Å²) in [5, 5.41) is 0.240. The molecule has 0 rings (SSSR count). The molecule has 0 heterocycles. The van der Waals surface area contributed by atoms with E-state index in [9.17, 15) is 4.79 Å². The molecule has 0 fully saturated rings. The highest BCUT2D eigenvalue weighted by Crippen LogP contribution is 2.39. The molecule has 0 aromatic rings. The van der Waals surface area contributed by atoms with Gasteiger partial charge in [0.15, 0.2) is 25.0 Å². The molecule has 0 saturated carbocycles. The van der Waals surface area contributed by atoms with Gasteiger partial charge in [-0.2, -0.15) is 0 Å². The lowest BCUT2D eigenvalue weighted by Crippen LogP contribution is -2.45. The number of carbonyl (C=O) groups excluding carboxylic acids is 1. The zero-order valence-electron chi connectivity index (χ0n) is 28.1. The number of esters is 1. The van der Waals surface area contributed by atoms with Crippen molar-refractivity contribution < 1.29 is 22.8 Å². The standard InChI is InChI=1S/C31H62O5Si3/c1-16-39(17-2,18-3)36-28(20-19-26(4)23-24-34-37(12,13)30(5,6)7)25-27(21-22-29(32)33-11)35-38(14,15)31(8,9)10/h19-23,27-28H,16-18,24-25H2,1-15H3/b20-19+,22-21+,26-23+/t27-,28-/m1/s1. The van der Waals surface area contributed by atoms with Crippen LogP contribution >= 0.6 is 0 Å². The molecule has 0 aromatic heterocycles. The smallest absolute Gasteiger partial charge is 0.330 e. The zero-order valence-corrected chi connectivity index (χ0v) is 31.1. The third-order valence-corrected chi connectivity index (χ3v) is 22.6. The van der Waals surface area contributed by atoms with Crippen LogP contribution in [-0.4, -0.2) is 56.8 Å². The maximum absolute atomic E-state index is 12.0. The molecule has 0 spiro atoms. The monoisotopic (exact) mass is 598 g/mol. The van der Waals surface area contributed by atoms with Crippen molar-refractivity contribution in [3.8, 4) is 0 Å². The highest BCUT2D eigenvalue weighted by atomic mass is 28.4. The SMILES string of the molecule is CC[Si](CC)(CC)O[C@H](/C=C/C(C)=C/CO[Si](C)(C)C(C)(C)C)C[C@@H](/C=C/C(=O)OC)O[Si](C)(C)C(C)(C)C. The van der Waals surface area contributed by atoms with Crippen molar-refractivity contribution in [2.75, 3.05) is 13.7 Å². The summed E-state index contributed by atoms with van der Waals surface area (Å²) < 4.78 is 25.0. The Morgan fingerprint density at radius 3 is 1.67 bits per heavy atom. The molecule has 0 aromatic carbocycles. The van der Waals surface area contributed by atoms with Crippen molar-refractivity contribution in [2.24, 2.45) is 0 Å². The highest BCUT2D eigenvalue weighted by Gasteiger charge is 2.40. The number of allylic oxidation sites excluding steroid dienone is 2. The van der Waals surface area contributed by atoms with Crippen LogP contribution in [0, 0.1) is 0 Å². The Bertz CT molecular complexity index is 820. The third-order valence-electron chi connectivity index (χ3n) is 8.93. The molecule has 0 aliphatic carbocycles. The van der Waals surface area contributed by atoms with Crippen molar-refractivity contribution in [3.05, 3.63) is 36.0 Å². The Labute approximate surface area is 245 Å². The molecule has 0 N–H and O–H groups in total. The van der Waals surface area contributed by atoms with Crippen LogP contribution in [0.2, 0.25) is 54.4 Å². The Balaban J connectivity index is 6.14. The fraction of sp³-hybridized carbons (Fsp3) is 0.774. The van der Waals surface area contributed by atoms with Crippen molar-refractivity contribution in [3.63, 3.8) is 0 Å². The van der Waals surface area contributed by atoms with E-state index >= 15 is 0 Å². The molecule has 0 unspecified atom stereocenters. The van der Waals surface area contributed by atoms with Gasteiger partial charge in [0.2, 0.25) is 0 Å². The second kappa shape index (κ2) is 16.0. The van der Waals surface area contributed by atoms with Crippen molar-refractivity contribution in [2.45, 2.75) is 142 Å². The van der Waals surface area contributed by atoms with Gasteiger partial charge in [0, 0.05) is 12.5 Å². The molecular formula is C31H62O5Si3. The van der Waals surface area contributed by atoms with Crippen molar-refractivity contribution >= 4 is 30.9 Å². The number of carbonyl (C=O) groups is 1. The van der Waals surface area contributed by atoms with E-state index in [1.807, 2.05) is 6.08 Å². The van der Waals surface area contributed by atoms with E-state index in [0.717, 1.165) is 23.7 Å². The highest BCUT2D eigenvalue weighted by molar-refractivity contribution is 6.74. The largest absolute Gasteiger partial charge is 0.466 e. The molecular weight excluding hydrogens is 537 g/mol. The van der Waals surface area contributed by atoms with Gasteiger partial charge in [-0.25, -0.2) is 4.79 Å². The molecule has 0 amide bonds. The van der Waals surface area contributed by atoms with Crippen LogP contribution in [0.5, 0.6) is 0 Å². The van der Waals surface area contributed by atoms with Gasteiger partial charge in [-0.1, -0.05) is 86.1 Å². The van der Waals surface area contributed by atoms with Crippen LogP contribution in [0.3, 0.4) is 0 Å². The summed E-state index contributed by atoms with van der Waals surface area (Å²) in [4.78, 5) is 12.0. The normalized spacial score (nSPS) is 16.2. The molecule has 0 radical (unpaired) electrons. The van der Waals surface area contributed by atoms with Crippen molar-refractivity contribution in [1.82, 2.24) is 0 Å². The van der Waals surface area contributed by atoms with E-state index in [4.69, 9.17) is 18.0 Å². The van der Waals surface area contributed by atoms with Gasteiger partial charge in [0.25, 0.3) is 0 Å². The summed E-state index contributed by atoms with van der Waals surface area (Å²) in [6, 6.07) is 3.22. The molecule has 0 bridgehead atoms. The number of rotatable bonds is 16. The fourth-order valence-electron chi connectivity index (χ4n) is 3.62. The number of hydrogen-bond acceptors (Lipinski definition) is 5. The minimum absolute atomic E-state index is 0.0504. The predicted molar refractivity (Wildman–Crippen MR) is 176 cm³/mol. The second-order valence-electron chi connectivity index (χ2n) is 13.8. The summed E-state index contributed by atoms with van der Waals surface area (Å²) in [7, 11) is -4.37. The van der Waals surface area contributed by atoms with Gasteiger partial charge in [-0.05, 0) is 67.4 Å². The first-order valence-corrected chi connectivity index (χ1v) is 23.1. The molecule has 5 nitrogen and oxygen atoms in total. The van der Waals surface area contributed by atoms with Crippen molar-refractivity contribution in [1.29, 1.82) is 0 Å². The van der Waals surface area contributed by atoms with Crippen LogP contribution in [0.25, 0.3) is 0 Å². The lowest BCUT2D eigenvalue weighted by atomic mass is 10.1. The average molecular weight is 599 g/mol. The minimum Gasteiger partial charge on any atom is -0.466 e. The maximum Gasteiger partial charge on any atom is 0.330 e. The van der Waals surface area contributed by atoms with Gasteiger partial charge in [0.1, 0.15) is 0 Å². The lowest BCUT2D eigenvalue weighted by Gasteiger charge is -2.40. The molecule has 2 atom stereocenters. The van der Waals surface area contributed by atoms with Gasteiger partial charge in [-0.15, -0.1) is 0 Å². The fourth-order valence-corrected chi connectivity index (χ4v) is 8.65. The molecule has 0 aliphatic rings.